The number of aliphatic hydroxyl groups excluding tert-OH is 1. The van der Waals surface area contributed by atoms with Gasteiger partial charge in [0.05, 0.1) is 6.10 Å². The monoisotopic (exact) mass is 198 g/mol. The van der Waals surface area contributed by atoms with Crippen LogP contribution in [0.15, 0.2) is 0 Å². The Morgan fingerprint density at radius 1 is 1.43 bits per heavy atom. The summed E-state index contributed by atoms with van der Waals surface area (Å²) in [6.07, 6.45) is 3.58. The van der Waals surface area contributed by atoms with Crippen LogP contribution in [-0.2, 0) is 4.79 Å². The van der Waals surface area contributed by atoms with Gasteiger partial charge in [-0.25, -0.2) is 0 Å². The van der Waals surface area contributed by atoms with Crippen molar-refractivity contribution in [1.29, 1.82) is 0 Å². The lowest BCUT2D eigenvalue weighted by Gasteiger charge is -2.36. The molecule has 0 unspecified atom stereocenters. The lowest BCUT2D eigenvalue weighted by Crippen LogP contribution is -2.54. The first-order valence-corrected chi connectivity index (χ1v) is 5.38. The fourth-order valence-corrected chi connectivity index (χ4v) is 2.33. The zero-order chi connectivity index (χ0) is 10.1. The van der Waals surface area contributed by atoms with Crippen molar-refractivity contribution < 1.29 is 9.90 Å². The van der Waals surface area contributed by atoms with Gasteiger partial charge in [-0.15, -0.1) is 0 Å². The van der Waals surface area contributed by atoms with Crippen LogP contribution in [0.2, 0.25) is 0 Å². The SMILES string of the molecule is N[C@@H]1CCC[C@H]1CC(=O)N1CC(O)C1. The van der Waals surface area contributed by atoms with Crippen LogP contribution >= 0.6 is 0 Å². The average molecular weight is 198 g/mol. The van der Waals surface area contributed by atoms with Gasteiger partial charge in [-0.05, 0) is 18.8 Å². The van der Waals surface area contributed by atoms with E-state index in [0.29, 0.717) is 25.4 Å². The molecular formula is C10H18N2O2. The first-order chi connectivity index (χ1) is 6.66. The summed E-state index contributed by atoms with van der Waals surface area (Å²) in [6.45, 7) is 1.03. The second kappa shape index (κ2) is 3.87. The summed E-state index contributed by atoms with van der Waals surface area (Å²) in [5, 5.41) is 9.06. The van der Waals surface area contributed by atoms with E-state index < -0.39 is 0 Å². The number of carbonyl (C=O) groups excluding carboxylic acids is 1. The fourth-order valence-electron chi connectivity index (χ4n) is 2.33. The molecule has 2 atom stereocenters. The minimum absolute atomic E-state index is 0.164. The van der Waals surface area contributed by atoms with E-state index in [1.807, 2.05) is 0 Å². The third-order valence-corrected chi connectivity index (χ3v) is 3.37. The summed E-state index contributed by atoms with van der Waals surface area (Å²) in [7, 11) is 0. The molecular weight excluding hydrogens is 180 g/mol. The number of hydrogen-bond donors (Lipinski definition) is 2. The maximum atomic E-state index is 11.6. The number of nitrogens with zero attached hydrogens (tertiary/aromatic N) is 1. The third-order valence-electron chi connectivity index (χ3n) is 3.37. The Morgan fingerprint density at radius 2 is 2.14 bits per heavy atom. The summed E-state index contributed by atoms with van der Waals surface area (Å²) < 4.78 is 0. The van der Waals surface area contributed by atoms with Crippen LogP contribution in [0.4, 0.5) is 0 Å². The molecule has 4 nitrogen and oxygen atoms in total. The number of rotatable bonds is 2. The molecule has 0 spiro atoms. The van der Waals surface area contributed by atoms with Gasteiger partial charge in [0.25, 0.3) is 0 Å². The molecule has 4 heteroatoms. The average Bonchev–Trinajstić information content (AvgIpc) is 2.46. The Morgan fingerprint density at radius 3 is 2.64 bits per heavy atom. The predicted molar refractivity (Wildman–Crippen MR) is 52.5 cm³/mol. The van der Waals surface area contributed by atoms with E-state index in [-0.39, 0.29) is 18.1 Å². The van der Waals surface area contributed by atoms with E-state index in [0.717, 1.165) is 19.3 Å². The van der Waals surface area contributed by atoms with Gasteiger partial charge in [0, 0.05) is 25.6 Å². The molecule has 2 aliphatic rings. The van der Waals surface area contributed by atoms with Crippen molar-refractivity contribution in [2.45, 2.75) is 37.8 Å². The molecule has 1 heterocycles. The highest BCUT2D eigenvalue weighted by atomic mass is 16.3. The van der Waals surface area contributed by atoms with E-state index in [4.69, 9.17) is 10.8 Å². The van der Waals surface area contributed by atoms with Crippen molar-refractivity contribution in [2.75, 3.05) is 13.1 Å². The number of hydrogen-bond acceptors (Lipinski definition) is 3. The lowest BCUT2D eigenvalue weighted by molar-refractivity contribution is -0.142. The summed E-state index contributed by atoms with van der Waals surface area (Å²) in [5.41, 5.74) is 5.89. The second-order valence-electron chi connectivity index (χ2n) is 4.51. The first kappa shape index (κ1) is 9.93. The maximum Gasteiger partial charge on any atom is 0.223 e. The molecule has 2 rings (SSSR count). The van der Waals surface area contributed by atoms with Crippen molar-refractivity contribution in [3.63, 3.8) is 0 Å². The summed E-state index contributed by atoms with van der Waals surface area (Å²) >= 11 is 0. The zero-order valence-corrected chi connectivity index (χ0v) is 8.35. The van der Waals surface area contributed by atoms with Crippen LogP contribution in [0.25, 0.3) is 0 Å². The van der Waals surface area contributed by atoms with E-state index in [9.17, 15) is 4.79 Å². The molecule has 3 N–H and O–H groups in total. The van der Waals surface area contributed by atoms with Gasteiger partial charge in [0.2, 0.25) is 5.91 Å². The van der Waals surface area contributed by atoms with Crippen molar-refractivity contribution >= 4 is 5.91 Å². The molecule has 1 amide bonds. The van der Waals surface area contributed by atoms with Crippen molar-refractivity contribution in [1.82, 2.24) is 4.90 Å². The van der Waals surface area contributed by atoms with Gasteiger partial charge >= 0.3 is 0 Å². The standard InChI is InChI=1S/C10H18N2O2/c11-9-3-1-2-7(9)4-10(14)12-5-8(13)6-12/h7-9,13H,1-6,11H2/t7-,9+/m0/s1. The Bertz CT molecular complexity index is 226. The molecule has 2 fully saturated rings. The Labute approximate surface area is 84.1 Å². The van der Waals surface area contributed by atoms with E-state index in [1.165, 1.54) is 0 Å². The number of amides is 1. The van der Waals surface area contributed by atoms with Crippen LogP contribution in [0, 0.1) is 5.92 Å². The quantitative estimate of drug-likeness (QED) is 0.640. The number of carbonyl (C=O) groups is 1. The highest BCUT2D eigenvalue weighted by molar-refractivity contribution is 5.77. The van der Waals surface area contributed by atoms with Crippen LogP contribution < -0.4 is 5.73 Å². The first-order valence-electron chi connectivity index (χ1n) is 5.38. The number of aliphatic hydroxyl groups is 1. The van der Waals surface area contributed by atoms with Crippen molar-refractivity contribution in [3.8, 4) is 0 Å². The Balaban J connectivity index is 1.77. The fraction of sp³-hybridized carbons (Fsp3) is 0.900. The highest BCUT2D eigenvalue weighted by Gasteiger charge is 2.32. The zero-order valence-electron chi connectivity index (χ0n) is 8.35. The number of likely N-dealkylation sites (tertiary alicyclic amines) is 1. The van der Waals surface area contributed by atoms with Crippen LogP contribution in [-0.4, -0.2) is 41.1 Å². The third kappa shape index (κ3) is 1.91. The van der Waals surface area contributed by atoms with Crippen LogP contribution in [0.3, 0.4) is 0 Å². The Kier molecular flexibility index (Phi) is 2.74. The number of β-amino-alcohol motifs (C(OH)–C–C–N with tert-alkyl or cyclic N) is 1. The van der Waals surface area contributed by atoms with E-state index in [1.54, 1.807) is 4.90 Å². The summed E-state index contributed by atoms with van der Waals surface area (Å²) in [4.78, 5) is 13.3. The van der Waals surface area contributed by atoms with Gasteiger partial charge in [-0.1, -0.05) is 6.42 Å². The highest BCUT2D eigenvalue weighted by Crippen LogP contribution is 2.28. The normalized spacial score (nSPS) is 33.1. The molecule has 1 saturated carbocycles. The van der Waals surface area contributed by atoms with Crippen LogP contribution in [0.1, 0.15) is 25.7 Å². The molecule has 0 aromatic rings. The van der Waals surface area contributed by atoms with Crippen molar-refractivity contribution in [3.05, 3.63) is 0 Å². The van der Waals surface area contributed by atoms with E-state index in [2.05, 4.69) is 0 Å². The minimum Gasteiger partial charge on any atom is -0.389 e. The van der Waals surface area contributed by atoms with Crippen molar-refractivity contribution in [2.24, 2.45) is 11.7 Å². The van der Waals surface area contributed by atoms with Gasteiger partial charge in [-0.3, -0.25) is 4.79 Å². The van der Waals surface area contributed by atoms with Gasteiger partial charge in [0.1, 0.15) is 0 Å². The summed E-state index contributed by atoms with van der Waals surface area (Å²) in [6, 6.07) is 0.213. The summed E-state index contributed by atoms with van der Waals surface area (Å²) in [5.74, 6) is 0.540. The smallest absolute Gasteiger partial charge is 0.223 e. The van der Waals surface area contributed by atoms with Crippen LogP contribution in [0.5, 0.6) is 0 Å². The van der Waals surface area contributed by atoms with Gasteiger partial charge < -0.3 is 15.7 Å². The minimum atomic E-state index is -0.295. The largest absolute Gasteiger partial charge is 0.389 e. The maximum absolute atomic E-state index is 11.6. The molecule has 80 valence electrons. The molecule has 14 heavy (non-hydrogen) atoms. The molecule has 0 aromatic heterocycles. The molecule has 1 aliphatic heterocycles. The molecule has 1 aliphatic carbocycles. The van der Waals surface area contributed by atoms with Gasteiger partial charge in [0.15, 0.2) is 0 Å². The molecule has 0 bridgehead atoms. The van der Waals surface area contributed by atoms with E-state index >= 15 is 0 Å². The predicted octanol–water partition coefficient (Wildman–Crippen LogP) is -0.293. The Hall–Kier alpha value is -0.610. The molecule has 0 radical (unpaired) electrons. The van der Waals surface area contributed by atoms with Gasteiger partial charge in [-0.2, -0.15) is 0 Å². The number of nitrogens with two attached hydrogens (primary N) is 1. The molecule has 1 saturated heterocycles. The second-order valence-corrected chi connectivity index (χ2v) is 4.51. The topological polar surface area (TPSA) is 66.6 Å². The lowest BCUT2D eigenvalue weighted by atomic mass is 9.98. The molecule has 0 aromatic carbocycles.